The van der Waals surface area contributed by atoms with E-state index >= 15 is 0 Å². The van der Waals surface area contributed by atoms with Crippen LogP contribution in [0.2, 0.25) is 0 Å². The Hall–Kier alpha value is -1.53. The first-order chi connectivity index (χ1) is 9.84. The van der Waals surface area contributed by atoms with Crippen LogP contribution in [0.1, 0.15) is 26.7 Å². The number of aryl methyl sites for hydroxylation is 1. The fourth-order valence-corrected chi connectivity index (χ4v) is 3.29. The molecule has 0 aliphatic heterocycles. The van der Waals surface area contributed by atoms with Crippen LogP contribution in [-0.4, -0.2) is 20.1 Å². The molecule has 0 unspecified atom stereocenters. The smallest absolute Gasteiger partial charge is 0.240 e. The van der Waals surface area contributed by atoms with Crippen LogP contribution in [0.3, 0.4) is 0 Å². The second-order valence-electron chi connectivity index (χ2n) is 5.62. The third-order valence-corrected chi connectivity index (χ3v) is 4.46. The monoisotopic (exact) mass is 310 g/mol. The lowest BCUT2D eigenvalue weighted by Crippen LogP contribution is -2.11. The Bertz CT molecular complexity index is 733. The molecule has 0 fully saturated rings. The molecule has 1 heterocycles. The maximum absolute atomic E-state index is 11.8. The van der Waals surface area contributed by atoms with Crippen molar-refractivity contribution in [3.8, 4) is 5.75 Å². The molecule has 0 aliphatic carbocycles. The Labute approximate surface area is 125 Å². The summed E-state index contributed by atoms with van der Waals surface area (Å²) in [5.41, 5.74) is 0.835. The molecule has 5 nitrogen and oxygen atoms in total. The zero-order valence-corrected chi connectivity index (χ0v) is 13.5. The summed E-state index contributed by atoms with van der Waals surface area (Å²) < 4.78 is 30.9. The van der Waals surface area contributed by atoms with Crippen LogP contribution in [-0.2, 0) is 16.6 Å². The number of sulfonamides is 1. The number of benzene rings is 1. The van der Waals surface area contributed by atoms with Gasteiger partial charge in [-0.05, 0) is 30.9 Å². The summed E-state index contributed by atoms with van der Waals surface area (Å²) in [5.74, 6) is 1.15. The van der Waals surface area contributed by atoms with E-state index in [-0.39, 0.29) is 4.90 Å². The van der Waals surface area contributed by atoms with Crippen molar-refractivity contribution in [2.24, 2.45) is 11.1 Å². The van der Waals surface area contributed by atoms with Crippen molar-refractivity contribution >= 4 is 20.9 Å². The molecule has 116 valence electrons. The van der Waals surface area contributed by atoms with Crippen molar-refractivity contribution in [1.29, 1.82) is 0 Å². The van der Waals surface area contributed by atoms with Crippen molar-refractivity contribution in [2.45, 2.75) is 38.1 Å². The number of primary sulfonamides is 1. The molecule has 0 spiro atoms. The molecular formula is C15H22N2O3S. The predicted octanol–water partition coefficient (Wildman–Crippen LogP) is 2.73. The largest absolute Gasteiger partial charge is 0.496 e. The lowest BCUT2D eigenvalue weighted by molar-refractivity contribution is 0.419. The second kappa shape index (κ2) is 6.07. The highest BCUT2D eigenvalue weighted by atomic mass is 32.2. The summed E-state index contributed by atoms with van der Waals surface area (Å²) in [6.07, 6.45) is 3.69. The summed E-state index contributed by atoms with van der Waals surface area (Å²) in [4.78, 5) is 0.125. The minimum absolute atomic E-state index is 0.125. The van der Waals surface area contributed by atoms with E-state index < -0.39 is 10.0 Å². The van der Waals surface area contributed by atoms with Gasteiger partial charge in [-0.15, -0.1) is 0 Å². The molecule has 2 rings (SSSR count). The van der Waals surface area contributed by atoms with Gasteiger partial charge in [-0.2, -0.15) is 0 Å². The highest BCUT2D eigenvalue weighted by Crippen LogP contribution is 2.33. The summed E-state index contributed by atoms with van der Waals surface area (Å²) in [5, 5.41) is 5.90. The molecule has 2 N–H and O–H groups in total. The summed E-state index contributed by atoms with van der Waals surface area (Å²) in [6.45, 7) is 5.11. The normalized spacial score (nSPS) is 12.2. The maximum atomic E-state index is 11.8. The molecule has 0 amide bonds. The van der Waals surface area contributed by atoms with Gasteiger partial charge >= 0.3 is 0 Å². The van der Waals surface area contributed by atoms with Crippen molar-refractivity contribution < 1.29 is 13.2 Å². The minimum atomic E-state index is -3.78. The van der Waals surface area contributed by atoms with E-state index in [1.165, 1.54) is 7.11 Å². The van der Waals surface area contributed by atoms with Crippen LogP contribution < -0.4 is 9.88 Å². The lowest BCUT2D eigenvalue weighted by atomic mass is 10.1. The highest BCUT2D eigenvalue weighted by Gasteiger charge is 2.20. The molecule has 6 heteroatoms. The van der Waals surface area contributed by atoms with E-state index in [9.17, 15) is 8.42 Å². The Balaban J connectivity index is 2.53. The lowest BCUT2D eigenvalue weighted by Gasteiger charge is -2.08. The fourth-order valence-electron chi connectivity index (χ4n) is 2.52. The van der Waals surface area contributed by atoms with Gasteiger partial charge in [0.05, 0.1) is 18.0 Å². The van der Waals surface area contributed by atoms with Gasteiger partial charge in [-0.1, -0.05) is 19.9 Å². The standard InChI is InChI=1S/C15H22N2O3S/c1-11(2)6-5-9-17-10-14(21(16,18)19)15-12(17)7-4-8-13(15)20-3/h4,7-8,10-11H,5-6,9H2,1-3H3,(H2,16,18,19). The number of fused-ring (bicyclic) bond motifs is 1. The SMILES string of the molecule is COc1cccc2c1c(S(N)(=O)=O)cn2CCCC(C)C. The van der Waals surface area contributed by atoms with Gasteiger partial charge in [0.2, 0.25) is 10.0 Å². The van der Waals surface area contributed by atoms with Crippen molar-refractivity contribution in [3.63, 3.8) is 0 Å². The average Bonchev–Trinajstić information content (AvgIpc) is 2.77. The van der Waals surface area contributed by atoms with Gasteiger partial charge in [-0.3, -0.25) is 0 Å². The van der Waals surface area contributed by atoms with Crippen LogP contribution in [0.25, 0.3) is 10.9 Å². The number of hydrogen-bond acceptors (Lipinski definition) is 3. The topological polar surface area (TPSA) is 74.3 Å². The van der Waals surface area contributed by atoms with Crippen molar-refractivity contribution in [2.75, 3.05) is 7.11 Å². The molecular weight excluding hydrogens is 288 g/mol. The quantitative estimate of drug-likeness (QED) is 0.891. The van der Waals surface area contributed by atoms with E-state index in [4.69, 9.17) is 9.88 Å². The summed E-state index contributed by atoms with van der Waals surface area (Å²) in [6, 6.07) is 5.49. The molecule has 0 aliphatic rings. The maximum Gasteiger partial charge on any atom is 0.240 e. The van der Waals surface area contributed by atoms with Gasteiger partial charge < -0.3 is 9.30 Å². The van der Waals surface area contributed by atoms with E-state index in [1.807, 2.05) is 16.7 Å². The van der Waals surface area contributed by atoms with Crippen LogP contribution in [0.4, 0.5) is 0 Å². The zero-order chi connectivity index (χ0) is 15.6. The Morgan fingerprint density at radius 3 is 2.62 bits per heavy atom. The van der Waals surface area contributed by atoms with Crippen LogP contribution in [0.15, 0.2) is 29.3 Å². The van der Waals surface area contributed by atoms with Gasteiger partial charge in [0.25, 0.3) is 0 Å². The molecule has 21 heavy (non-hydrogen) atoms. The fraction of sp³-hybridized carbons (Fsp3) is 0.467. The highest BCUT2D eigenvalue weighted by molar-refractivity contribution is 7.89. The number of aromatic nitrogens is 1. The van der Waals surface area contributed by atoms with Crippen molar-refractivity contribution in [3.05, 3.63) is 24.4 Å². The van der Waals surface area contributed by atoms with E-state index in [1.54, 1.807) is 12.3 Å². The van der Waals surface area contributed by atoms with E-state index in [2.05, 4.69) is 13.8 Å². The number of hydrogen-bond donors (Lipinski definition) is 1. The van der Waals surface area contributed by atoms with E-state index in [0.717, 1.165) is 24.9 Å². The third-order valence-electron chi connectivity index (χ3n) is 3.54. The molecule has 0 saturated carbocycles. The third kappa shape index (κ3) is 3.39. The van der Waals surface area contributed by atoms with E-state index in [0.29, 0.717) is 17.1 Å². The Morgan fingerprint density at radius 1 is 1.33 bits per heavy atom. The number of nitrogens with zero attached hydrogens (tertiary/aromatic N) is 1. The Kier molecular flexibility index (Phi) is 4.58. The number of methoxy groups -OCH3 is 1. The van der Waals surface area contributed by atoms with Gasteiger partial charge in [0.1, 0.15) is 10.6 Å². The van der Waals surface area contributed by atoms with Gasteiger partial charge in [0, 0.05) is 12.7 Å². The first-order valence-corrected chi connectivity index (χ1v) is 8.58. The number of nitrogens with two attached hydrogens (primary N) is 1. The molecule has 0 radical (unpaired) electrons. The number of ether oxygens (including phenoxy) is 1. The van der Waals surface area contributed by atoms with Gasteiger partial charge in [0.15, 0.2) is 0 Å². The molecule has 0 atom stereocenters. The average molecular weight is 310 g/mol. The summed E-state index contributed by atoms with van der Waals surface area (Å²) in [7, 11) is -2.26. The predicted molar refractivity (Wildman–Crippen MR) is 83.9 cm³/mol. The molecule has 2 aromatic rings. The summed E-state index contributed by atoms with van der Waals surface area (Å²) >= 11 is 0. The molecule has 1 aromatic carbocycles. The first kappa shape index (κ1) is 15.9. The number of rotatable bonds is 6. The van der Waals surface area contributed by atoms with Gasteiger partial charge in [-0.25, -0.2) is 13.6 Å². The van der Waals surface area contributed by atoms with Crippen LogP contribution >= 0.6 is 0 Å². The molecule has 1 aromatic heterocycles. The zero-order valence-electron chi connectivity index (χ0n) is 12.7. The molecule has 0 bridgehead atoms. The first-order valence-electron chi connectivity index (χ1n) is 7.03. The Morgan fingerprint density at radius 2 is 2.05 bits per heavy atom. The second-order valence-corrected chi connectivity index (χ2v) is 7.15. The van der Waals surface area contributed by atoms with Crippen LogP contribution in [0.5, 0.6) is 5.75 Å². The van der Waals surface area contributed by atoms with Crippen LogP contribution in [0, 0.1) is 5.92 Å². The van der Waals surface area contributed by atoms with Crippen molar-refractivity contribution in [1.82, 2.24) is 4.57 Å². The minimum Gasteiger partial charge on any atom is -0.496 e. The molecule has 0 saturated heterocycles.